The second kappa shape index (κ2) is 3.63. The molecule has 14 heavy (non-hydrogen) atoms. The second-order valence-corrected chi connectivity index (χ2v) is 3.79. The highest BCUT2D eigenvalue weighted by atomic mass is 32.1. The van der Waals surface area contributed by atoms with Crippen LogP contribution in [0.2, 0.25) is 0 Å². The van der Waals surface area contributed by atoms with Crippen LogP contribution in [-0.4, -0.2) is 15.7 Å². The Balaban J connectivity index is 2.22. The smallest absolute Gasteiger partial charge is 0.239 e. The first-order valence-electron chi connectivity index (χ1n) is 4.11. The molecule has 2 aromatic rings. The van der Waals surface area contributed by atoms with Crippen molar-refractivity contribution >= 4 is 17.2 Å². The predicted molar refractivity (Wildman–Crippen MR) is 54.7 cm³/mol. The summed E-state index contributed by atoms with van der Waals surface area (Å²) in [4.78, 5) is 11.7. The van der Waals surface area contributed by atoms with Gasteiger partial charge in [0.25, 0.3) is 0 Å². The molecule has 2 rings (SSSR count). The van der Waals surface area contributed by atoms with E-state index < -0.39 is 0 Å². The zero-order valence-corrected chi connectivity index (χ0v) is 8.20. The summed E-state index contributed by atoms with van der Waals surface area (Å²) in [5.74, 6) is -0.383. The molecule has 2 heterocycles. The summed E-state index contributed by atoms with van der Waals surface area (Å²) < 4.78 is 1.54. The molecule has 0 fully saturated rings. The fraction of sp³-hybridized carbons (Fsp3) is 0.111. The highest BCUT2D eigenvalue weighted by Gasteiger charge is 2.03. The first-order chi connectivity index (χ1) is 6.75. The maximum Gasteiger partial charge on any atom is 0.239 e. The van der Waals surface area contributed by atoms with Gasteiger partial charge in [0.2, 0.25) is 5.91 Å². The van der Waals surface area contributed by atoms with E-state index in [2.05, 4.69) is 5.10 Å². The van der Waals surface area contributed by atoms with E-state index in [-0.39, 0.29) is 12.5 Å². The lowest BCUT2D eigenvalue weighted by atomic mass is 10.3. The average Bonchev–Trinajstić information content (AvgIpc) is 2.69. The quantitative estimate of drug-likeness (QED) is 0.819. The fourth-order valence-corrected chi connectivity index (χ4v) is 1.86. The molecule has 0 aliphatic heterocycles. The van der Waals surface area contributed by atoms with Crippen molar-refractivity contribution in [1.82, 2.24) is 9.78 Å². The van der Waals surface area contributed by atoms with Crippen molar-refractivity contribution in [3.05, 3.63) is 29.8 Å². The predicted octanol–water partition coefficient (Wildman–Crippen LogP) is 1.10. The van der Waals surface area contributed by atoms with Crippen LogP contribution < -0.4 is 5.73 Å². The molecule has 72 valence electrons. The minimum Gasteiger partial charge on any atom is -0.368 e. The molecule has 0 aliphatic carbocycles. The molecule has 5 heteroatoms. The summed E-state index contributed by atoms with van der Waals surface area (Å²) in [7, 11) is 0. The summed E-state index contributed by atoms with van der Waals surface area (Å²) in [6.07, 6.45) is 1.75. The number of hydrogen-bond acceptors (Lipinski definition) is 3. The molecule has 0 bridgehead atoms. The van der Waals surface area contributed by atoms with Crippen LogP contribution in [0.4, 0.5) is 0 Å². The lowest BCUT2D eigenvalue weighted by molar-refractivity contribution is -0.118. The molecule has 0 saturated heterocycles. The molecule has 0 atom stereocenters. The molecule has 0 spiro atoms. The van der Waals surface area contributed by atoms with Crippen molar-refractivity contribution < 1.29 is 4.79 Å². The van der Waals surface area contributed by atoms with Crippen LogP contribution in [0.25, 0.3) is 10.6 Å². The highest BCUT2D eigenvalue weighted by molar-refractivity contribution is 7.13. The van der Waals surface area contributed by atoms with Crippen LogP contribution in [0.15, 0.2) is 29.8 Å². The normalized spacial score (nSPS) is 10.3. The first-order valence-corrected chi connectivity index (χ1v) is 4.99. The Morgan fingerprint density at radius 2 is 2.43 bits per heavy atom. The Morgan fingerprint density at radius 1 is 1.57 bits per heavy atom. The molecular weight excluding hydrogens is 198 g/mol. The van der Waals surface area contributed by atoms with E-state index in [1.165, 1.54) is 4.68 Å². The van der Waals surface area contributed by atoms with E-state index in [4.69, 9.17) is 5.73 Å². The minimum absolute atomic E-state index is 0.130. The van der Waals surface area contributed by atoms with Gasteiger partial charge in [0.15, 0.2) is 0 Å². The van der Waals surface area contributed by atoms with E-state index in [0.717, 1.165) is 10.6 Å². The Morgan fingerprint density at radius 3 is 3.07 bits per heavy atom. The van der Waals surface area contributed by atoms with Gasteiger partial charge in [0.05, 0.1) is 4.88 Å². The standard InChI is InChI=1S/C9H9N3OS/c10-9(13)6-12-4-3-7(11-12)8-2-1-5-14-8/h1-5H,6H2,(H2,10,13). The third-order valence-electron chi connectivity index (χ3n) is 1.73. The van der Waals surface area contributed by atoms with Crippen LogP contribution >= 0.6 is 11.3 Å². The van der Waals surface area contributed by atoms with Crippen molar-refractivity contribution in [2.75, 3.05) is 0 Å². The number of nitrogens with zero attached hydrogens (tertiary/aromatic N) is 2. The van der Waals surface area contributed by atoms with Gasteiger partial charge < -0.3 is 5.73 Å². The maximum atomic E-state index is 10.6. The molecule has 2 aromatic heterocycles. The fourth-order valence-electron chi connectivity index (χ4n) is 1.17. The van der Waals surface area contributed by atoms with Gasteiger partial charge in [-0.05, 0) is 17.5 Å². The number of thiophene rings is 1. The molecule has 1 amide bonds. The Bertz CT molecular complexity index is 433. The molecule has 2 N–H and O–H groups in total. The molecule has 0 aliphatic rings. The van der Waals surface area contributed by atoms with Gasteiger partial charge in [-0.25, -0.2) is 0 Å². The number of carbonyl (C=O) groups excluding carboxylic acids is 1. The van der Waals surface area contributed by atoms with Crippen LogP contribution in [0.1, 0.15) is 0 Å². The van der Waals surface area contributed by atoms with Gasteiger partial charge in [-0.1, -0.05) is 6.07 Å². The molecular formula is C9H9N3OS. The van der Waals surface area contributed by atoms with Crippen LogP contribution in [0.5, 0.6) is 0 Å². The zero-order valence-electron chi connectivity index (χ0n) is 7.38. The SMILES string of the molecule is NC(=O)Cn1ccc(-c2cccs2)n1. The number of rotatable bonds is 3. The summed E-state index contributed by atoms with van der Waals surface area (Å²) in [5, 5.41) is 6.21. The first kappa shape index (κ1) is 8.96. The molecule has 0 unspecified atom stereocenters. The summed E-state index contributed by atoms with van der Waals surface area (Å²) in [6, 6.07) is 5.82. The number of carbonyl (C=O) groups is 1. The Hall–Kier alpha value is -1.62. The topological polar surface area (TPSA) is 60.9 Å². The van der Waals surface area contributed by atoms with E-state index in [1.807, 2.05) is 23.6 Å². The van der Waals surface area contributed by atoms with E-state index >= 15 is 0 Å². The van der Waals surface area contributed by atoms with E-state index in [0.29, 0.717) is 0 Å². The summed E-state index contributed by atoms with van der Waals surface area (Å²) in [6.45, 7) is 0.130. The van der Waals surface area contributed by atoms with Gasteiger partial charge in [-0.15, -0.1) is 11.3 Å². The van der Waals surface area contributed by atoms with Gasteiger partial charge >= 0.3 is 0 Å². The molecule has 0 saturated carbocycles. The van der Waals surface area contributed by atoms with Gasteiger partial charge in [0, 0.05) is 6.20 Å². The third-order valence-corrected chi connectivity index (χ3v) is 2.62. The van der Waals surface area contributed by atoms with Crippen molar-refractivity contribution in [3.63, 3.8) is 0 Å². The van der Waals surface area contributed by atoms with Gasteiger partial charge in [-0.2, -0.15) is 5.10 Å². The second-order valence-electron chi connectivity index (χ2n) is 2.84. The van der Waals surface area contributed by atoms with E-state index in [9.17, 15) is 4.79 Å². The van der Waals surface area contributed by atoms with Gasteiger partial charge in [0.1, 0.15) is 12.2 Å². The highest BCUT2D eigenvalue weighted by Crippen LogP contribution is 2.21. The number of aromatic nitrogens is 2. The number of primary amides is 1. The van der Waals surface area contributed by atoms with Crippen LogP contribution in [-0.2, 0) is 11.3 Å². The summed E-state index contributed by atoms with van der Waals surface area (Å²) >= 11 is 1.62. The molecule has 4 nitrogen and oxygen atoms in total. The van der Waals surface area contributed by atoms with Crippen molar-refractivity contribution in [2.24, 2.45) is 5.73 Å². The van der Waals surface area contributed by atoms with E-state index in [1.54, 1.807) is 17.5 Å². The Labute approximate surface area is 85.0 Å². The van der Waals surface area contributed by atoms with Gasteiger partial charge in [-0.3, -0.25) is 9.48 Å². The van der Waals surface area contributed by atoms with Crippen LogP contribution in [0, 0.1) is 0 Å². The lowest BCUT2D eigenvalue weighted by Gasteiger charge is -1.94. The van der Waals surface area contributed by atoms with Crippen molar-refractivity contribution in [1.29, 1.82) is 0 Å². The number of amides is 1. The minimum atomic E-state index is -0.383. The summed E-state index contributed by atoms with van der Waals surface area (Å²) in [5.41, 5.74) is 5.93. The number of nitrogens with two attached hydrogens (primary N) is 1. The number of hydrogen-bond donors (Lipinski definition) is 1. The monoisotopic (exact) mass is 207 g/mol. The van der Waals surface area contributed by atoms with Crippen molar-refractivity contribution in [3.8, 4) is 10.6 Å². The third kappa shape index (κ3) is 1.82. The maximum absolute atomic E-state index is 10.6. The average molecular weight is 207 g/mol. The largest absolute Gasteiger partial charge is 0.368 e. The zero-order chi connectivity index (χ0) is 9.97. The lowest BCUT2D eigenvalue weighted by Crippen LogP contribution is -2.18. The Kier molecular flexibility index (Phi) is 2.32. The van der Waals surface area contributed by atoms with Crippen LogP contribution in [0.3, 0.4) is 0 Å². The molecule has 0 aromatic carbocycles. The molecule has 0 radical (unpaired) electrons. The van der Waals surface area contributed by atoms with Crippen molar-refractivity contribution in [2.45, 2.75) is 6.54 Å².